The van der Waals surface area contributed by atoms with Crippen molar-refractivity contribution >= 4 is 5.97 Å². The molecule has 2 heterocycles. The maximum atomic E-state index is 13.4. The summed E-state index contributed by atoms with van der Waals surface area (Å²) < 4.78 is 18.4. The van der Waals surface area contributed by atoms with Crippen molar-refractivity contribution in [2.24, 2.45) is 5.92 Å². The molecule has 0 aromatic carbocycles. The van der Waals surface area contributed by atoms with E-state index in [4.69, 9.17) is 4.74 Å². The molecular formula is C16H24FNO2. The van der Waals surface area contributed by atoms with Gasteiger partial charge in [0.2, 0.25) is 0 Å². The minimum atomic E-state index is -0.642. The fourth-order valence-electron chi connectivity index (χ4n) is 4.35. The Hall–Kier alpha value is -0.900. The monoisotopic (exact) mass is 281 g/mol. The first-order valence-electron chi connectivity index (χ1n) is 7.79. The molecule has 0 spiro atoms. The lowest BCUT2D eigenvalue weighted by atomic mass is 9.77. The number of hydrogen-bond acceptors (Lipinski definition) is 3. The summed E-state index contributed by atoms with van der Waals surface area (Å²) in [6, 6.07) is 0.783. The molecule has 0 aromatic rings. The van der Waals surface area contributed by atoms with Crippen LogP contribution in [-0.2, 0) is 9.53 Å². The average molecular weight is 281 g/mol. The maximum Gasteiger partial charge on any atom is 0.335 e. The van der Waals surface area contributed by atoms with E-state index in [2.05, 4.69) is 11.9 Å². The summed E-state index contributed by atoms with van der Waals surface area (Å²) in [6.45, 7) is 0. The van der Waals surface area contributed by atoms with Crippen LogP contribution in [-0.4, -0.2) is 43.3 Å². The highest BCUT2D eigenvalue weighted by Gasteiger charge is 2.44. The normalized spacial score (nSPS) is 38.1. The topological polar surface area (TPSA) is 29.5 Å². The van der Waals surface area contributed by atoms with E-state index >= 15 is 0 Å². The van der Waals surface area contributed by atoms with Crippen LogP contribution in [0.5, 0.6) is 0 Å². The molecule has 1 unspecified atom stereocenters. The van der Waals surface area contributed by atoms with Gasteiger partial charge in [-0.3, -0.25) is 4.90 Å². The zero-order valence-corrected chi connectivity index (χ0v) is 12.4. The summed E-state index contributed by atoms with van der Waals surface area (Å²) in [4.78, 5) is 14.6. The summed E-state index contributed by atoms with van der Waals surface area (Å²) in [6.07, 6.45) is 5.61. The second kappa shape index (κ2) is 5.47. The second-order valence-corrected chi connectivity index (χ2v) is 6.50. The maximum absolute atomic E-state index is 13.4. The molecule has 1 aliphatic carbocycles. The van der Waals surface area contributed by atoms with Crippen LogP contribution in [0.4, 0.5) is 4.39 Å². The molecule has 0 amide bonds. The van der Waals surface area contributed by atoms with E-state index in [-0.39, 0.29) is 12.0 Å². The van der Waals surface area contributed by atoms with Crippen molar-refractivity contribution in [2.45, 2.75) is 63.2 Å². The molecule has 1 saturated heterocycles. The number of alkyl halides is 1. The molecule has 4 heteroatoms. The van der Waals surface area contributed by atoms with Gasteiger partial charge in [-0.2, -0.15) is 0 Å². The van der Waals surface area contributed by atoms with Crippen molar-refractivity contribution in [3.05, 3.63) is 11.1 Å². The third-order valence-electron chi connectivity index (χ3n) is 5.53. The molecule has 2 bridgehead atoms. The molecule has 0 N–H and O–H groups in total. The van der Waals surface area contributed by atoms with E-state index in [9.17, 15) is 9.18 Å². The molecule has 1 saturated carbocycles. The molecule has 0 radical (unpaired) electrons. The van der Waals surface area contributed by atoms with Gasteiger partial charge in [0.15, 0.2) is 0 Å². The molecule has 3 nitrogen and oxygen atoms in total. The van der Waals surface area contributed by atoms with Gasteiger partial charge in [-0.15, -0.1) is 0 Å². The highest BCUT2D eigenvalue weighted by molar-refractivity contribution is 5.91. The van der Waals surface area contributed by atoms with Gasteiger partial charge in [-0.05, 0) is 57.9 Å². The lowest BCUT2D eigenvalue weighted by Crippen LogP contribution is -2.42. The molecule has 112 valence electrons. The van der Waals surface area contributed by atoms with Gasteiger partial charge in [-0.25, -0.2) is 9.18 Å². The molecule has 2 atom stereocenters. The summed E-state index contributed by atoms with van der Waals surface area (Å²) in [5.74, 6) is 0.229. The number of likely N-dealkylation sites (N-methyl/N-ethyl adjacent to an activating group) is 1. The highest BCUT2D eigenvalue weighted by atomic mass is 19.1. The number of carbonyl (C=O) groups is 1. The Bertz CT molecular complexity index is 426. The van der Waals surface area contributed by atoms with Crippen LogP contribution in [0.2, 0.25) is 0 Å². The minimum absolute atomic E-state index is 0.167. The van der Waals surface area contributed by atoms with Crippen LogP contribution in [0, 0.1) is 5.92 Å². The standard InChI is InChI=1S/C16H24FNO2/c1-18-12-7-8-14(18)15(16(19)20-2)13(9-12)10-3-5-11(17)6-4-10/h10-12,14H,3-9H2,1-2H3/t10?,11?,12-,14?/m1/s1. The SMILES string of the molecule is COC(=O)C1=C(C2CCC(F)CC2)C[C@H]2CCC1N2C. The van der Waals surface area contributed by atoms with Gasteiger partial charge in [-0.1, -0.05) is 5.57 Å². The molecule has 2 aliphatic heterocycles. The lowest BCUT2D eigenvalue weighted by molar-refractivity contribution is -0.137. The number of hydrogen-bond donors (Lipinski definition) is 0. The van der Waals surface area contributed by atoms with Gasteiger partial charge in [0, 0.05) is 12.1 Å². The highest BCUT2D eigenvalue weighted by Crippen LogP contribution is 2.44. The van der Waals surface area contributed by atoms with Crippen LogP contribution in [0.3, 0.4) is 0 Å². The molecule has 0 aromatic heterocycles. The number of rotatable bonds is 2. The molecule has 2 fully saturated rings. The zero-order chi connectivity index (χ0) is 14.3. The second-order valence-electron chi connectivity index (χ2n) is 6.50. The van der Waals surface area contributed by atoms with Crippen molar-refractivity contribution < 1.29 is 13.9 Å². The van der Waals surface area contributed by atoms with Crippen LogP contribution >= 0.6 is 0 Å². The third kappa shape index (κ3) is 2.28. The third-order valence-corrected chi connectivity index (χ3v) is 5.53. The van der Waals surface area contributed by atoms with Crippen molar-refractivity contribution in [2.75, 3.05) is 14.2 Å². The van der Waals surface area contributed by atoms with Crippen LogP contribution in [0.25, 0.3) is 0 Å². The summed E-state index contributed by atoms with van der Waals surface area (Å²) in [7, 11) is 3.58. The first-order chi connectivity index (χ1) is 9.61. The Kier molecular flexibility index (Phi) is 3.85. The van der Waals surface area contributed by atoms with E-state index in [0.717, 1.165) is 37.7 Å². The van der Waals surface area contributed by atoms with Gasteiger partial charge in [0.25, 0.3) is 0 Å². The number of esters is 1. The van der Waals surface area contributed by atoms with Crippen LogP contribution in [0.15, 0.2) is 11.1 Å². The quantitative estimate of drug-likeness (QED) is 0.729. The Morgan fingerprint density at radius 3 is 2.55 bits per heavy atom. The van der Waals surface area contributed by atoms with Crippen LogP contribution < -0.4 is 0 Å². The first-order valence-corrected chi connectivity index (χ1v) is 7.79. The number of ether oxygens (including phenoxy) is 1. The Balaban J connectivity index is 1.91. The molecule has 3 rings (SSSR count). The van der Waals surface area contributed by atoms with Gasteiger partial charge in [0.05, 0.1) is 12.7 Å². The number of methoxy groups -OCH3 is 1. The van der Waals surface area contributed by atoms with E-state index in [1.807, 2.05) is 0 Å². The van der Waals surface area contributed by atoms with Crippen molar-refractivity contribution in [3.63, 3.8) is 0 Å². The Labute approximate surface area is 120 Å². The van der Waals surface area contributed by atoms with Crippen molar-refractivity contribution in [3.8, 4) is 0 Å². The van der Waals surface area contributed by atoms with E-state index < -0.39 is 6.17 Å². The predicted octanol–water partition coefficient (Wildman–Crippen LogP) is 2.85. The minimum Gasteiger partial charge on any atom is -0.466 e. The molecule has 20 heavy (non-hydrogen) atoms. The molecule has 3 aliphatic rings. The van der Waals surface area contributed by atoms with E-state index in [1.54, 1.807) is 0 Å². The summed E-state index contributed by atoms with van der Waals surface area (Å²) in [5.41, 5.74) is 2.18. The Morgan fingerprint density at radius 1 is 1.20 bits per heavy atom. The largest absolute Gasteiger partial charge is 0.466 e. The van der Waals surface area contributed by atoms with Crippen molar-refractivity contribution in [1.29, 1.82) is 0 Å². The van der Waals surface area contributed by atoms with E-state index in [1.165, 1.54) is 12.7 Å². The fourth-order valence-corrected chi connectivity index (χ4v) is 4.35. The Morgan fingerprint density at radius 2 is 1.90 bits per heavy atom. The number of fused-ring (bicyclic) bond motifs is 2. The predicted molar refractivity (Wildman–Crippen MR) is 75.1 cm³/mol. The lowest BCUT2D eigenvalue weighted by Gasteiger charge is -2.38. The summed E-state index contributed by atoms with van der Waals surface area (Å²) in [5, 5.41) is 0. The van der Waals surface area contributed by atoms with Gasteiger partial charge >= 0.3 is 5.97 Å². The van der Waals surface area contributed by atoms with Crippen LogP contribution in [0.1, 0.15) is 44.9 Å². The van der Waals surface area contributed by atoms with Gasteiger partial charge in [0.1, 0.15) is 6.17 Å². The smallest absolute Gasteiger partial charge is 0.335 e. The number of nitrogens with zero attached hydrogens (tertiary/aromatic N) is 1. The van der Waals surface area contributed by atoms with Crippen molar-refractivity contribution in [1.82, 2.24) is 4.90 Å². The van der Waals surface area contributed by atoms with Gasteiger partial charge < -0.3 is 4.74 Å². The average Bonchev–Trinajstić information content (AvgIpc) is 2.70. The number of halogens is 1. The first kappa shape index (κ1) is 14.1. The number of carbonyl (C=O) groups excluding carboxylic acids is 1. The zero-order valence-electron chi connectivity index (χ0n) is 12.4. The fraction of sp³-hybridized carbons (Fsp3) is 0.812. The van der Waals surface area contributed by atoms with E-state index in [0.29, 0.717) is 24.8 Å². The molecular weight excluding hydrogens is 257 g/mol. The summed E-state index contributed by atoms with van der Waals surface area (Å²) >= 11 is 0.